The van der Waals surface area contributed by atoms with Gasteiger partial charge in [-0.2, -0.15) is 5.26 Å². The molecular weight excluding hydrogens is 272 g/mol. The molecule has 0 unspecified atom stereocenters. The van der Waals surface area contributed by atoms with E-state index < -0.39 is 0 Å². The van der Waals surface area contributed by atoms with Crippen LogP contribution in [-0.4, -0.2) is 11.9 Å². The minimum absolute atomic E-state index is 0.0669. The monoisotopic (exact) mass is 290 g/mol. The summed E-state index contributed by atoms with van der Waals surface area (Å²) in [6.07, 6.45) is 2.39. The fraction of sp³-hybridized carbons (Fsp3) is 0.263. The SMILES string of the molecule is C[C@H](NC(=O)c1ccccc1-c1ccccc1C#N)C1CC1. The first-order valence-corrected chi connectivity index (χ1v) is 7.60. The molecule has 1 fully saturated rings. The number of carbonyl (C=O) groups is 1. The lowest BCUT2D eigenvalue weighted by Gasteiger charge is -2.15. The molecule has 0 radical (unpaired) electrons. The Hall–Kier alpha value is -2.60. The van der Waals surface area contributed by atoms with Crippen LogP contribution >= 0.6 is 0 Å². The van der Waals surface area contributed by atoms with E-state index in [0.717, 1.165) is 11.1 Å². The maximum absolute atomic E-state index is 12.6. The van der Waals surface area contributed by atoms with Crippen LogP contribution in [-0.2, 0) is 0 Å². The standard InChI is InChI=1S/C19H18N2O/c1-13(14-10-11-14)21-19(22)18-9-5-4-8-17(18)16-7-3-2-6-15(16)12-20/h2-9,13-14H,10-11H2,1H3,(H,21,22)/t13-/m0/s1. The molecule has 1 aliphatic carbocycles. The number of nitrogens with zero attached hydrogens (tertiary/aromatic N) is 1. The maximum Gasteiger partial charge on any atom is 0.252 e. The Morgan fingerprint density at radius 2 is 1.77 bits per heavy atom. The number of nitrogens with one attached hydrogen (secondary N) is 1. The number of hydrogen-bond acceptors (Lipinski definition) is 2. The van der Waals surface area contributed by atoms with Crippen LogP contribution < -0.4 is 5.32 Å². The third-order valence-corrected chi connectivity index (χ3v) is 4.20. The Bertz CT molecular complexity index is 741. The molecule has 2 aromatic carbocycles. The molecule has 3 rings (SSSR count). The first-order chi connectivity index (χ1) is 10.7. The van der Waals surface area contributed by atoms with Crippen molar-refractivity contribution in [3.63, 3.8) is 0 Å². The van der Waals surface area contributed by atoms with Gasteiger partial charge in [-0.05, 0) is 43.4 Å². The maximum atomic E-state index is 12.6. The van der Waals surface area contributed by atoms with Gasteiger partial charge in [0.25, 0.3) is 5.91 Å². The number of nitriles is 1. The fourth-order valence-electron chi connectivity index (χ4n) is 2.73. The van der Waals surface area contributed by atoms with Crippen LogP contribution in [0.4, 0.5) is 0 Å². The van der Waals surface area contributed by atoms with E-state index in [-0.39, 0.29) is 11.9 Å². The molecule has 0 aromatic heterocycles. The molecule has 2 aromatic rings. The van der Waals surface area contributed by atoms with E-state index in [1.807, 2.05) is 42.5 Å². The zero-order chi connectivity index (χ0) is 15.5. The number of rotatable bonds is 4. The van der Waals surface area contributed by atoms with E-state index in [1.165, 1.54) is 12.8 Å². The van der Waals surface area contributed by atoms with Gasteiger partial charge in [0.05, 0.1) is 11.6 Å². The van der Waals surface area contributed by atoms with Crippen molar-refractivity contribution in [2.75, 3.05) is 0 Å². The topological polar surface area (TPSA) is 52.9 Å². The van der Waals surface area contributed by atoms with Gasteiger partial charge in [0.1, 0.15) is 0 Å². The van der Waals surface area contributed by atoms with Crippen molar-refractivity contribution in [3.8, 4) is 17.2 Å². The minimum atomic E-state index is -0.0669. The predicted molar refractivity (Wildman–Crippen MR) is 86.2 cm³/mol. The number of carbonyl (C=O) groups excluding carboxylic acids is 1. The highest BCUT2D eigenvalue weighted by atomic mass is 16.1. The summed E-state index contributed by atoms with van der Waals surface area (Å²) in [5, 5.41) is 12.4. The summed E-state index contributed by atoms with van der Waals surface area (Å²) in [7, 11) is 0. The van der Waals surface area contributed by atoms with Crippen LogP contribution in [0.3, 0.4) is 0 Å². The van der Waals surface area contributed by atoms with Crippen molar-refractivity contribution in [1.29, 1.82) is 5.26 Å². The van der Waals surface area contributed by atoms with Gasteiger partial charge in [0, 0.05) is 17.2 Å². The van der Waals surface area contributed by atoms with Gasteiger partial charge in [-0.3, -0.25) is 4.79 Å². The molecule has 1 aliphatic rings. The van der Waals surface area contributed by atoms with Crippen LogP contribution in [0.2, 0.25) is 0 Å². The summed E-state index contributed by atoms with van der Waals surface area (Å²) in [5.41, 5.74) is 2.81. The summed E-state index contributed by atoms with van der Waals surface area (Å²) in [5.74, 6) is 0.547. The van der Waals surface area contributed by atoms with Gasteiger partial charge in [-0.1, -0.05) is 36.4 Å². The Morgan fingerprint density at radius 1 is 1.14 bits per heavy atom. The molecule has 22 heavy (non-hydrogen) atoms. The molecule has 0 aliphatic heterocycles. The zero-order valence-corrected chi connectivity index (χ0v) is 12.5. The molecule has 1 amide bonds. The average molecular weight is 290 g/mol. The lowest BCUT2D eigenvalue weighted by atomic mass is 9.95. The molecule has 3 heteroatoms. The van der Waals surface area contributed by atoms with Crippen LogP contribution in [0.15, 0.2) is 48.5 Å². The molecule has 3 nitrogen and oxygen atoms in total. The average Bonchev–Trinajstić information content (AvgIpc) is 3.39. The molecule has 0 saturated heterocycles. The molecule has 1 atom stereocenters. The molecule has 0 bridgehead atoms. The number of benzene rings is 2. The smallest absolute Gasteiger partial charge is 0.252 e. The van der Waals surface area contributed by atoms with Gasteiger partial charge in [-0.15, -0.1) is 0 Å². The Balaban J connectivity index is 1.96. The fourth-order valence-corrected chi connectivity index (χ4v) is 2.73. The van der Waals surface area contributed by atoms with Crippen LogP contribution in [0.1, 0.15) is 35.7 Å². The first-order valence-electron chi connectivity index (χ1n) is 7.60. The Labute approximate surface area is 130 Å². The summed E-state index contributed by atoms with van der Waals surface area (Å²) >= 11 is 0. The van der Waals surface area contributed by atoms with Crippen molar-refractivity contribution < 1.29 is 4.79 Å². The van der Waals surface area contributed by atoms with Crippen LogP contribution in [0.5, 0.6) is 0 Å². The van der Waals surface area contributed by atoms with Crippen molar-refractivity contribution in [3.05, 3.63) is 59.7 Å². The van der Waals surface area contributed by atoms with Gasteiger partial charge in [-0.25, -0.2) is 0 Å². The van der Waals surface area contributed by atoms with Crippen molar-refractivity contribution in [2.45, 2.75) is 25.8 Å². The summed E-state index contributed by atoms with van der Waals surface area (Å²) in [4.78, 5) is 12.6. The molecule has 0 heterocycles. The third-order valence-electron chi connectivity index (χ3n) is 4.20. The second-order valence-corrected chi connectivity index (χ2v) is 5.80. The molecule has 110 valence electrons. The lowest BCUT2D eigenvalue weighted by molar-refractivity contribution is 0.0936. The number of amides is 1. The molecule has 1 N–H and O–H groups in total. The summed E-state index contributed by atoms with van der Waals surface area (Å²) in [6.45, 7) is 2.06. The Kier molecular flexibility index (Phi) is 3.93. The second-order valence-electron chi connectivity index (χ2n) is 5.80. The van der Waals surface area contributed by atoms with E-state index in [0.29, 0.717) is 17.0 Å². The van der Waals surface area contributed by atoms with Gasteiger partial charge in [0.15, 0.2) is 0 Å². The highest BCUT2D eigenvalue weighted by molar-refractivity contribution is 6.01. The van der Waals surface area contributed by atoms with Crippen LogP contribution in [0.25, 0.3) is 11.1 Å². The highest BCUT2D eigenvalue weighted by Crippen LogP contribution is 2.33. The molecule has 0 spiro atoms. The first kappa shape index (κ1) is 14.3. The second kappa shape index (κ2) is 6.03. The van der Waals surface area contributed by atoms with Crippen LogP contribution in [0, 0.1) is 17.2 Å². The van der Waals surface area contributed by atoms with E-state index in [9.17, 15) is 10.1 Å². The number of hydrogen-bond donors (Lipinski definition) is 1. The van der Waals surface area contributed by atoms with Crippen molar-refractivity contribution >= 4 is 5.91 Å². The summed E-state index contributed by atoms with van der Waals surface area (Å²) in [6, 6.07) is 17.2. The summed E-state index contributed by atoms with van der Waals surface area (Å²) < 4.78 is 0. The zero-order valence-electron chi connectivity index (χ0n) is 12.5. The van der Waals surface area contributed by atoms with Gasteiger partial charge < -0.3 is 5.32 Å². The van der Waals surface area contributed by atoms with E-state index in [1.54, 1.807) is 6.07 Å². The normalized spacial score (nSPS) is 14.9. The van der Waals surface area contributed by atoms with Gasteiger partial charge in [0.2, 0.25) is 0 Å². The molecular formula is C19H18N2O. The molecule has 1 saturated carbocycles. The lowest BCUT2D eigenvalue weighted by Crippen LogP contribution is -2.34. The largest absolute Gasteiger partial charge is 0.349 e. The quantitative estimate of drug-likeness (QED) is 0.932. The van der Waals surface area contributed by atoms with E-state index in [2.05, 4.69) is 18.3 Å². The van der Waals surface area contributed by atoms with E-state index >= 15 is 0 Å². The van der Waals surface area contributed by atoms with Crippen molar-refractivity contribution in [1.82, 2.24) is 5.32 Å². The highest BCUT2D eigenvalue weighted by Gasteiger charge is 2.29. The minimum Gasteiger partial charge on any atom is -0.349 e. The predicted octanol–water partition coefficient (Wildman–Crippen LogP) is 3.75. The van der Waals surface area contributed by atoms with Crippen molar-refractivity contribution in [2.24, 2.45) is 5.92 Å². The van der Waals surface area contributed by atoms with E-state index in [4.69, 9.17) is 0 Å². The Morgan fingerprint density at radius 3 is 2.45 bits per heavy atom. The van der Waals surface area contributed by atoms with Gasteiger partial charge >= 0.3 is 0 Å². The third kappa shape index (κ3) is 2.87.